The van der Waals surface area contributed by atoms with Crippen molar-refractivity contribution in [2.75, 3.05) is 17.2 Å². The van der Waals surface area contributed by atoms with E-state index in [1.165, 1.54) is 4.88 Å². The summed E-state index contributed by atoms with van der Waals surface area (Å²) in [6.07, 6.45) is 1.06. The fraction of sp³-hybridized carbons (Fsp3) is 0.571. The Balaban J connectivity index is 2.45. The molecule has 0 amide bonds. The fourth-order valence-electron chi connectivity index (χ4n) is 1.81. The van der Waals surface area contributed by atoms with Gasteiger partial charge in [-0.05, 0) is 40.2 Å². The molecule has 0 radical (unpaired) electrons. The molecule has 0 aliphatic rings. The van der Waals surface area contributed by atoms with Gasteiger partial charge >= 0.3 is 0 Å². The second-order valence-corrected chi connectivity index (χ2v) is 7.01. The van der Waals surface area contributed by atoms with E-state index < -0.39 is 0 Å². The van der Waals surface area contributed by atoms with Gasteiger partial charge in [0.05, 0.1) is 5.39 Å². The van der Waals surface area contributed by atoms with Crippen LogP contribution in [-0.4, -0.2) is 22.1 Å². The minimum Gasteiger partial charge on any atom is -0.365 e. The highest BCUT2D eigenvalue weighted by atomic mass is 32.1. The quantitative estimate of drug-likeness (QED) is 0.886. The van der Waals surface area contributed by atoms with Crippen LogP contribution >= 0.6 is 11.3 Å². The van der Waals surface area contributed by atoms with Gasteiger partial charge < -0.3 is 10.6 Å². The van der Waals surface area contributed by atoms with Crippen molar-refractivity contribution in [3.8, 4) is 0 Å². The van der Waals surface area contributed by atoms with Crippen LogP contribution in [0.5, 0.6) is 0 Å². The van der Waals surface area contributed by atoms with Gasteiger partial charge in [-0.3, -0.25) is 0 Å². The zero-order chi connectivity index (χ0) is 14.0. The monoisotopic (exact) mass is 278 g/mol. The van der Waals surface area contributed by atoms with Crippen LogP contribution < -0.4 is 10.6 Å². The lowest BCUT2D eigenvalue weighted by Crippen LogP contribution is -2.27. The van der Waals surface area contributed by atoms with Gasteiger partial charge in [-0.1, -0.05) is 6.92 Å². The summed E-state index contributed by atoms with van der Waals surface area (Å²) < 4.78 is 0. The summed E-state index contributed by atoms with van der Waals surface area (Å²) in [4.78, 5) is 11.5. The van der Waals surface area contributed by atoms with Crippen molar-refractivity contribution in [2.24, 2.45) is 0 Å². The molecule has 19 heavy (non-hydrogen) atoms. The molecule has 0 fully saturated rings. The van der Waals surface area contributed by atoms with Crippen molar-refractivity contribution in [2.45, 2.75) is 46.6 Å². The smallest absolute Gasteiger partial charge is 0.226 e. The molecule has 2 aromatic rings. The van der Waals surface area contributed by atoms with Crippen molar-refractivity contribution < 1.29 is 0 Å². The van der Waals surface area contributed by atoms with Gasteiger partial charge in [-0.25, -0.2) is 4.98 Å². The van der Waals surface area contributed by atoms with E-state index in [2.05, 4.69) is 61.3 Å². The Bertz CT molecular complexity index is 569. The fourth-order valence-corrected chi connectivity index (χ4v) is 2.69. The molecule has 2 aromatic heterocycles. The van der Waals surface area contributed by atoms with Crippen molar-refractivity contribution in [3.63, 3.8) is 0 Å². The van der Waals surface area contributed by atoms with Crippen LogP contribution in [0.25, 0.3) is 10.2 Å². The Morgan fingerprint density at radius 2 is 2.00 bits per heavy atom. The molecule has 0 spiro atoms. The summed E-state index contributed by atoms with van der Waals surface area (Å²) in [5, 5.41) is 7.85. The van der Waals surface area contributed by atoms with E-state index in [0.29, 0.717) is 5.95 Å². The molecule has 0 saturated heterocycles. The van der Waals surface area contributed by atoms with Crippen LogP contribution in [0.4, 0.5) is 11.8 Å². The molecular formula is C14H22N4S. The van der Waals surface area contributed by atoms with E-state index in [0.717, 1.165) is 29.0 Å². The third-order valence-electron chi connectivity index (χ3n) is 2.54. The number of aryl methyl sites for hydroxylation is 1. The van der Waals surface area contributed by atoms with Gasteiger partial charge in [0.25, 0.3) is 0 Å². The van der Waals surface area contributed by atoms with Crippen LogP contribution in [0, 0.1) is 6.92 Å². The first kappa shape index (κ1) is 14.1. The van der Waals surface area contributed by atoms with Crippen molar-refractivity contribution in [1.82, 2.24) is 9.97 Å². The number of nitrogens with zero attached hydrogens (tertiary/aromatic N) is 2. The molecule has 0 unspecified atom stereocenters. The average molecular weight is 278 g/mol. The molecule has 4 nitrogen and oxygen atoms in total. The summed E-state index contributed by atoms with van der Waals surface area (Å²) in [7, 11) is 0. The highest BCUT2D eigenvalue weighted by Gasteiger charge is 2.16. The molecule has 2 heterocycles. The Kier molecular flexibility index (Phi) is 3.94. The minimum atomic E-state index is -0.0147. The van der Waals surface area contributed by atoms with E-state index in [9.17, 15) is 0 Å². The maximum Gasteiger partial charge on any atom is 0.226 e. The number of thiophene rings is 1. The molecule has 0 atom stereocenters. The highest BCUT2D eigenvalue weighted by Crippen LogP contribution is 2.30. The zero-order valence-corrected chi connectivity index (χ0v) is 13.1. The normalized spacial score (nSPS) is 11.8. The molecule has 0 saturated carbocycles. The largest absolute Gasteiger partial charge is 0.365 e. The Morgan fingerprint density at radius 1 is 1.26 bits per heavy atom. The van der Waals surface area contributed by atoms with Gasteiger partial charge in [-0.15, -0.1) is 11.3 Å². The van der Waals surface area contributed by atoms with Gasteiger partial charge in [0.15, 0.2) is 0 Å². The lowest BCUT2D eigenvalue weighted by atomic mass is 10.1. The highest BCUT2D eigenvalue weighted by molar-refractivity contribution is 7.18. The number of anilines is 2. The topological polar surface area (TPSA) is 49.8 Å². The minimum absolute atomic E-state index is 0.0147. The first-order valence-electron chi connectivity index (χ1n) is 6.69. The third kappa shape index (κ3) is 3.56. The molecule has 2 rings (SSSR count). The number of aromatic nitrogens is 2. The summed E-state index contributed by atoms with van der Waals surface area (Å²) in [5.41, 5.74) is -0.0147. The maximum atomic E-state index is 4.61. The number of nitrogens with one attached hydrogen (secondary N) is 2. The van der Waals surface area contributed by atoms with Gasteiger partial charge in [0.2, 0.25) is 5.95 Å². The summed E-state index contributed by atoms with van der Waals surface area (Å²) >= 11 is 1.71. The van der Waals surface area contributed by atoms with Gasteiger partial charge in [-0.2, -0.15) is 4.98 Å². The van der Waals surface area contributed by atoms with E-state index >= 15 is 0 Å². The predicted octanol–water partition coefficient (Wildman–Crippen LogP) is 4.03. The molecule has 0 aliphatic carbocycles. The second kappa shape index (κ2) is 5.33. The Morgan fingerprint density at radius 3 is 2.63 bits per heavy atom. The Labute approximate surface area is 118 Å². The number of hydrogen-bond donors (Lipinski definition) is 2. The van der Waals surface area contributed by atoms with Crippen molar-refractivity contribution in [1.29, 1.82) is 0 Å². The third-order valence-corrected chi connectivity index (χ3v) is 3.49. The van der Waals surface area contributed by atoms with Crippen LogP contribution in [0.2, 0.25) is 0 Å². The van der Waals surface area contributed by atoms with E-state index in [1.807, 2.05) is 0 Å². The Hall–Kier alpha value is -1.36. The molecule has 0 bridgehead atoms. The van der Waals surface area contributed by atoms with Crippen molar-refractivity contribution >= 4 is 33.3 Å². The molecule has 5 heteroatoms. The summed E-state index contributed by atoms with van der Waals surface area (Å²) in [6, 6.07) is 2.15. The maximum absolute atomic E-state index is 4.61. The molecule has 104 valence electrons. The number of hydrogen-bond acceptors (Lipinski definition) is 5. The average Bonchev–Trinajstić information content (AvgIpc) is 2.65. The molecule has 0 aromatic carbocycles. The van der Waals surface area contributed by atoms with E-state index in [1.54, 1.807) is 11.3 Å². The van der Waals surface area contributed by atoms with Crippen LogP contribution in [0.15, 0.2) is 6.07 Å². The molecule has 0 aliphatic heterocycles. The zero-order valence-electron chi connectivity index (χ0n) is 12.3. The lowest BCUT2D eigenvalue weighted by molar-refractivity contribution is 0.631. The standard InChI is InChI=1S/C14H22N4S/c1-6-7-15-13-16-11(18-14(3,4)5)10-8-9(2)19-12(10)17-13/h8H,6-7H2,1-5H3,(H2,15,16,17,18). The first-order valence-corrected chi connectivity index (χ1v) is 7.51. The lowest BCUT2D eigenvalue weighted by Gasteiger charge is -2.22. The van der Waals surface area contributed by atoms with Crippen LogP contribution in [-0.2, 0) is 0 Å². The van der Waals surface area contributed by atoms with Crippen LogP contribution in [0.1, 0.15) is 39.0 Å². The van der Waals surface area contributed by atoms with Gasteiger partial charge in [0.1, 0.15) is 10.6 Å². The summed E-state index contributed by atoms with van der Waals surface area (Å²) in [6.45, 7) is 11.5. The predicted molar refractivity (Wildman–Crippen MR) is 84.3 cm³/mol. The molecule has 2 N–H and O–H groups in total. The first-order chi connectivity index (χ1) is 8.89. The molecular weight excluding hydrogens is 256 g/mol. The van der Waals surface area contributed by atoms with Crippen LogP contribution in [0.3, 0.4) is 0 Å². The summed E-state index contributed by atoms with van der Waals surface area (Å²) in [5.74, 6) is 1.63. The van der Waals surface area contributed by atoms with Crippen molar-refractivity contribution in [3.05, 3.63) is 10.9 Å². The number of fused-ring (bicyclic) bond motifs is 1. The van der Waals surface area contributed by atoms with Gasteiger partial charge in [0, 0.05) is 17.0 Å². The van der Waals surface area contributed by atoms with E-state index in [-0.39, 0.29) is 5.54 Å². The second-order valence-electron chi connectivity index (χ2n) is 5.77. The van der Waals surface area contributed by atoms with E-state index in [4.69, 9.17) is 0 Å². The SMILES string of the molecule is CCCNc1nc(NC(C)(C)C)c2cc(C)sc2n1. The number of rotatable bonds is 4.